The summed E-state index contributed by atoms with van der Waals surface area (Å²) in [7, 11) is 0. The first kappa shape index (κ1) is 10.3. The van der Waals surface area contributed by atoms with Gasteiger partial charge < -0.3 is 5.73 Å². The summed E-state index contributed by atoms with van der Waals surface area (Å²) in [5, 5.41) is 4.36. The fraction of sp³-hybridized carbons (Fsp3) is 0.750. The quantitative estimate of drug-likeness (QED) is 0.831. The van der Waals surface area contributed by atoms with Gasteiger partial charge in [-0.05, 0) is 32.3 Å². The molecule has 2 atom stereocenters. The largest absolute Gasteiger partial charge is 0.326 e. The van der Waals surface area contributed by atoms with Gasteiger partial charge in [0.25, 0.3) is 0 Å². The van der Waals surface area contributed by atoms with Crippen LogP contribution in [0.3, 0.4) is 0 Å². The predicted octanol–water partition coefficient (Wildman–Crippen LogP) is 1.14. The van der Waals surface area contributed by atoms with Crippen molar-refractivity contribution in [2.24, 2.45) is 5.73 Å². The van der Waals surface area contributed by atoms with Crippen molar-refractivity contribution in [3.05, 3.63) is 18.0 Å². The van der Waals surface area contributed by atoms with Crippen molar-refractivity contribution in [3.63, 3.8) is 0 Å². The summed E-state index contributed by atoms with van der Waals surface area (Å²) in [6.07, 6.45) is 5.72. The van der Waals surface area contributed by atoms with E-state index >= 15 is 0 Å². The van der Waals surface area contributed by atoms with Crippen LogP contribution in [0.5, 0.6) is 0 Å². The molecule has 1 aromatic rings. The number of aromatic nitrogens is 2. The summed E-state index contributed by atoms with van der Waals surface area (Å²) >= 11 is 0. The van der Waals surface area contributed by atoms with Gasteiger partial charge in [0.2, 0.25) is 0 Å². The highest BCUT2D eigenvalue weighted by Gasteiger charge is 2.42. The fourth-order valence-corrected chi connectivity index (χ4v) is 2.90. The number of nitrogens with zero attached hydrogens (tertiary/aromatic N) is 3. The van der Waals surface area contributed by atoms with Crippen LogP contribution in [0.25, 0.3) is 0 Å². The Bertz CT molecular complexity index is 369. The lowest BCUT2D eigenvalue weighted by molar-refractivity contribution is 0.226. The first-order valence-electron chi connectivity index (χ1n) is 6.34. The molecule has 1 saturated heterocycles. The zero-order valence-electron chi connectivity index (χ0n) is 9.84. The van der Waals surface area contributed by atoms with E-state index in [0.717, 1.165) is 25.6 Å². The Balaban J connectivity index is 1.90. The van der Waals surface area contributed by atoms with Crippen molar-refractivity contribution in [2.75, 3.05) is 6.54 Å². The average molecular weight is 220 g/mol. The van der Waals surface area contributed by atoms with Crippen molar-refractivity contribution in [3.8, 4) is 0 Å². The number of hydrogen-bond donors (Lipinski definition) is 1. The van der Waals surface area contributed by atoms with Gasteiger partial charge in [-0.15, -0.1) is 0 Å². The van der Waals surface area contributed by atoms with Crippen molar-refractivity contribution in [2.45, 2.75) is 50.9 Å². The van der Waals surface area contributed by atoms with E-state index in [2.05, 4.69) is 27.7 Å². The van der Waals surface area contributed by atoms with Gasteiger partial charge in [-0.2, -0.15) is 5.10 Å². The number of likely N-dealkylation sites (tertiary alicyclic amines) is 1. The van der Waals surface area contributed by atoms with Crippen LogP contribution in [0, 0.1) is 0 Å². The molecule has 1 saturated carbocycles. The molecule has 2 N–H and O–H groups in total. The number of hydrogen-bond acceptors (Lipinski definition) is 3. The van der Waals surface area contributed by atoms with E-state index in [9.17, 15) is 0 Å². The lowest BCUT2D eigenvalue weighted by atomic mass is 10.1. The van der Waals surface area contributed by atoms with E-state index in [-0.39, 0.29) is 6.04 Å². The maximum atomic E-state index is 6.27. The zero-order valence-corrected chi connectivity index (χ0v) is 9.84. The van der Waals surface area contributed by atoms with Crippen molar-refractivity contribution < 1.29 is 0 Å². The lowest BCUT2D eigenvalue weighted by Gasteiger charge is -2.27. The molecular weight excluding hydrogens is 200 g/mol. The minimum atomic E-state index is 0.280. The fourth-order valence-electron chi connectivity index (χ4n) is 2.90. The molecule has 0 amide bonds. The molecule has 2 aliphatic rings. The Hall–Kier alpha value is -0.870. The lowest BCUT2D eigenvalue weighted by Crippen LogP contribution is -2.34. The van der Waals surface area contributed by atoms with Gasteiger partial charge in [0.15, 0.2) is 0 Å². The van der Waals surface area contributed by atoms with Crippen LogP contribution in [-0.2, 0) is 6.54 Å². The number of rotatable bonds is 3. The Kier molecular flexibility index (Phi) is 2.48. The second-order valence-corrected chi connectivity index (χ2v) is 4.94. The molecule has 16 heavy (non-hydrogen) atoms. The Labute approximate surface area is 96.4 Å². The standard InChI is InChI=1S/C12H20N4/c1-2-16-11(5-7-14-16)12-10(13)6-8-15(12)9-3-4-9/h5,7,9-10,12H,2-4,6,8,13H2,1H3. The summed E-state index contributed by atoms with van der Waals surface area (Å²) in [5.41, 5.74) is 7.57. The molecule has 0 bridgehead atoms. The second kappa shape index (κ2) is 3.86. The molecule has 4 heteroatoms. The Morgan fingerprint density at radius 3 is 2.94 bits per heavy atom. The van der Waals surface area contributed by atoms with E-state index in [1.54, 1.807) is 0 Å². The van der Waals surface area contributed by atoms with Crippen molar-refractivity contribution in [1.82, 2.24) is 14.7 Å². The summed E-state index contributed by atoms with van der Waals surface area (Å²) in [5.74, 6) is 0. The molecular formula is C12H20N4. The van der Waals surface area contributed by atoms with Gasteiger partial charge in [0.1, 0.15) is 0 Å². The third-order valence-corrected chi connectivity index (χ3v) is 3.85. The molecule has 3 rings (SSSR count). The van der Waals surface area contributed by atoms with Crippen LogP contribution in [0.1, 0.15) is 37.9 Å². The first-order chi connectivity index (χ1) is 7.81. The highest BCUT2D eigenvalue weighted by molar-refractivity contribution is 5.14. The van der Waals surface area contributed by atoms with Crippen LogP contribution in [0.2, 0.25) is 0 Å². The normalized spacial score (nSPS) is 31.1. The van der Waals surface area contributed by atoms with Crippen molar-refractivity contribution in [1.29, 1.82) is 0 Å². The van der Waals surface area contributed by atoms with E-state index in [4.69, 9.17) is 5.73 Å². The number of nitrogens with two attached hydrogens (primary N) is 1. The van der Waals surface area contributed by atoms with Gasteiger partial charge >= 0.3 is 0 Å². The minimum absolute atomic E-state index is 0.280. The third-order valence-electron chi connectivity index (χ3n) is 3.85. The Morgan fingerprint density at radius 2 is 2.25 bits per heavy atom. The van der Waals surface area contributed by atoms with Gasteiger partial charge in [0.05, 0.1) is 11.7 Å². The maximum absolute atomic E-state index is 6.27. The summed E-state index contributed by atoms with van der Waals surface area (Å²) in [6, 6.07) is 3.60. The van der Waals surface area contributed by atoms with Gasteiger partial charge in [-0.3, -0.25) is 9.58 Å². The first-order valence-corrected chi connectivity index (χ1v) is 6.34. The number of aryl methyl sites for hydroxylation is 1. The molecule has 1 aliphatic heterocycles. The summed E-state index contributed by atoms with van der Waals surface area (Å²) in [6.45, 7) is 4.23. The van der Waals surface area contributed by atoms with E-state index in [1.165, 1.54) is 18.5 Å². The molecule has 4 nitrogen and oxygen atoms in total. The zero-order chi connectivity index (χ0) is 11.1. The van der Waals surface area contributed by atoms with E-state index in [0.29, 0.717) is 6.04 Å². The summed E-state index contributed by atoms with van der Waals surface area (Å²) < 4.78 is 2.09. The van der Waals surface area contributed by atoms with Gasteiger partial charge in [-0.25, -0.2) is 0 Å². The second-order valence-electron chi connectivity index (χ2n) is 4.94. The highest BCUT2D eigenvalue weighted by atomic mass is 15.3. The van der Waals surface area contributed by atoms with Crippen LogP contribution in [0.4, 0.5) is 0 Å². The topological polar surface area (TPSA) is 47.1 Å². The Morgan fingerprint density at radius 1 is 1.44 bits per heavy atom. The van der Waals surface area contributed by atoms with Crippen LogP contribution >= 0.6 is 0 Å². The van der Waals surface area contributed by atoms with Gasteiger partial charge in [0, 0.05) is 31.4 Å². The molecule has 2 heterocycles. The van der Waals surface area contributed by atoms with E-state index < -0.39 is 0 Å². The van der Waals surface area contributed by atoms with Crippen LogP contribution in [0.15, 0.2) is 12.3 Å². The van der Waals surface area contributed by atoms with Gasteiger partial charge in [-0.1, -0.05) is 0 Å². The molecule has 2 fully saturated rings. The summed E-state index contributed by atoms with van der Waals surface area (Å²) in [4.78, 5) is 2.59. The molecule has 0 spiro atoms. The smallest absolute Gasteiger partial charge is 0.0673 e. The van der Waals surface area contributed by atoms with Crippen molar-refractivity contribution >= 4 is 0 Å². The molecule has 1 aliphatic carbocycles. The molecule has 88 valence electrons. The third kappa shape index (κ3) is 1.57. The van der Waals surface area contributed by atoms with Crippen LogP contribution < -0.4 is 5.73 Å². The molecule has 2 unspecified atom stereocenters. The van der Waals surface area contributed by atoms with E-state index in [1.807, 2.05) is 6.20 Å². The molecule has 0 aromatic carbocycles. The SMILES string of the molecule is CCn1nccc1C1C(N)CCN1C1CC1. The average Bonchev–Trinajstić information content (AvgIpc) is 2.90. The minimum Gasteiger partial charge on any atom is -0.326 e. The highest BCUT2D eigenvalue weighted by Crippen LogP contribution is 2.40. The van der Waals surface area contributed by atoms with Crippen LogP contribution in [-0.4, -0.2) is 33.3 Å². The maximum Gasteiger partial charge on any atom is 0.0673 e. The predicted molar refractivity (Wildman–Crippen MR) is 63.0 cm³/mol. The molecule has 1 aromatic heterocycles. The monoisotopic (exact) mass is 220 g/mol. The molecule has 0 radical (unpaired) electrons.